The zero-order valence-electron chi connectivity index (χ0n) is 12.0. The summed E-state index contributed by atoms with van der Waals surface area (Å²) >= 11 is 0. The maximum absolute atomic E-state index is 12.1. The summed E-state index contributed by atoms with van der Waals surface area (Å²) in [4.78, 5) is 20.8. The molecular formula is C15H14N4O2. The zero-order valence-corrected chi connectivity index (χ0v) is 12.0. The third-order valence-corrected chi connectivity index (χ3v) is 3.33. The largest absolute Gasteiger partial charge is 0.465 e. The number of nitrogens with zero attached hydrogens (tertiary/aromatic N) is 4. The van der Waals surface area contributed by atoms with E-state index in [1.807, 2.05) is 19.1 Å². The lowest BCUT2D eigenvalue weighted by atomic mass is 10.1. The molecule has 106 valence electrons. The van der Waals surface area contributed by atoms with Crippen LogP contribution in [0.4, 0.5) is 0 Å². The topological polar surface area (TPSA) is 69.9 Å². The molecule has 0 amide bonds. The normalized spacial score (nSPS) is 10.8. The molecule has 0 radical (unpaired) electrons. The Morgan fingerprint density at radius 3 is 2.86 bits per heavy atom. The van der Waals surface area contributed by atoms with E-state index in [1.165, 1.54) is 7.11 Å². The minimum Gasteiger partial charge on any atom is -0.465 e. The van der Waals surface area contributed by atoms with Gasteiger partial charge in [0.05, 0.1) is 29.4 Å². The van der Waals surface area contributed by atoms with Crippen LogP contribution in [0, 0.1) is 6.92 Å². The Hall–Kier alpha value is -2.76. The van der Waals surface area contributed by atoms with Crippen molar-refractivity contribution in [2.24, 2.45) is 7.05 Å². The molecule has 0 aliphatic heterocycles. The molecule has 6 heteroatoms. The Morgan fingerprint density at radius 2 is 2.19 bits per heavy atom. The summed E-state index contributed by atoms with van der Waals surface area (Å²) in [6.45, 7) is 1.85. The first kappa shape index (κ1) is 13.2. The van der Waals surface area contributed by atoms with Gasteiger partial charge in [-0.3, -0.25) is 9.67 Å². The van der Waals surface area contributed by atoms with Crippen LogP contribution in [0.2, 0.25) is 0 Å². The predicted octanol–water partition coefficient (Wildman–Crippen LogP) is 2.13. The van der Waals surface area contributed by atoms with Crippen molar-refractivity contribution in [2.45, 2.75) is 6.92 Å². The molecule has 0 aliphatic rings. The van der Waals surface area contributed by atoms with E-state index >= 15 is 0 Å². The molecule has 6 nitrogen and oxygen atoms in total. The number of ether oxygens (including phenoxy) is 1. The molecule has 0 saturated carbocycles. The molecular weight excluding hydrogens is 268 g/mol. The van der Waals surface area contributed by atoms with E-state index in [9.17, 15) is 4.79 Å². The second-order valence-electron chi connectivity index (χ2n) is 4.70. The monoisotopic (exact) mass is 282 g/mol. The average Bonchev–Trinajstić information content (AvgIpc) is 2.81. The molecule has 0 saturated heterocycles. The van der Waals surface area contributed by atoms with Crippen LogP contribution >= 0.6 is 0 Å². The van der Waals surface area contributed by atoms with Gasteiger partial charge in [0.1, 0.15) is 0 Å². The Balaban J connectivity index is 2.34. The minimum absolute atomic E-state index is 0.399. The van der Waals surface area contributed by atoms with E-state index in [-0.39, 0.29) is 0 Å². The smallest absolute Gasteiger partial charge is 0.338 e. The van der Waals surface area contributed by atoms with Gasteiger partial charge in [-0.2, -0.15) is 5.10 Å². The van der Waals surface area contributed by atoms with Gasteiger partial charge < -0.3 is 4.74 Å². The second kappa shape index (κ2) is 4.97. The van der Waals surface area contributed by atoms with Crippen molar-refractivity contribution in [1.29, 1.82) is 0 Å². The fourth-order valence-electron chi connectivity index (χ4n) is 2.38. The number of carbonyl (C=O) groups excluding carboxylic acids is 1. The molecule has 21 heavy (non-hydrogen) atoms. The van der Waals surface area contributed by atoms with Crippen LogP contribution in [-0.2, 0) is 11.8 Å². The van der Waals surface area contributed by atoms with E-state index in [4.69, 9.17) is 4.74 Å². The molecule has 0 atom stereocenters. The maximum Gasteiger partial charge on any atom is 0.338 e. The highest BCUT2D eigenvalue weighted by Gasteiger charge is 2.19. The standard InChI is InChI=1S/C15H14N4O2/c1-9-13-11(15(20)21-3)7-12(10-5-4-6-16-8-10)17-14(13)19(2)18-9/h4-8H,1-3H3. The van der Waals surface area contributed by atoms with Gasteiger partial charge in [0.25, 0.3) is 0 Å². The van der Waals surface area contributed by atoms with E-state index in [0.29, 0.717) is 16.9 Å². The third kappa shape index (κ3) is 2.14. The Bertz CT molecular complexity index is 825. The Kier molecular flexibility index (Phi) is 3.13. The fraction of sp³-hybridized carbons (Fsp3) is 0.200. The quantitative estimate of drug-likeness (QED) is 0.673. The molecule has 3 heterocycles. The Morgan fingerprint density at radius 1 is 1.38 bits per heavy atom. The molecule has 3 aromatic heterocycles. The summed E-state index contributed by atoms with van der Waals surface area (Å²) in [6, 6.07) is 5.44. The van der Waals surface area contributed by atoms with Gasteiger partial charge in [-0.1, -0.05) is 0 Å². The molecule has 3 rings (SSSR count). The number of carbonyl (C=O) groups is 1. The Labute approximate surface area is 121 Å². The molecule has 0 fully saturated rings. The molecule has 0 unspecified atom stereocenters. The number of fused-ring (bicyclic) bond motifs is 1. The first-order valence-corrected chi connectivity index (χ1v) is 6.45. The SMILES string of the molecule is COC(=O)c1cc(-c2cccnc2)nc2c1c(C)nn2C. The van der Waals surface area contributed by atoms with E-state index in [1.54, 1.807) is 30.2 Å². The number of hydrogen-bond acceptors (Lipinski definition) is 5. The zero-order chi connectivity index (χ0) is 15.0. The van der Waals surface area contributed by atoms with E-state index < -0.39 is 5.97 Å². The van der Waals surface area contributed by atoms with Gasteiger partial charge in [0.2, 0.25) is 0 Å². The third-order valence-electron chi connectivity index (χ3n) is 3.33. The first-order chi connectivity index (χ1) is 10.1. The number of rotatable bonds is 2. The van der Waals surface area contributed by atoms with E-state index in [0.717, 1.165) is 16.6 Å². The van der Waals surface area contributed by atoms with Crippen molar-refractivity contribution in [3.63, 3.8) is 0 Å². The van der Waals surface area contributed by atoms with Gasteiger partial charge in [-0.15, -0.1) is 0 Å². The number of hydrogen-bond donors (Lipinski definition) is 0. The summed E-state index contributed by atoms with van der Waals surface area (Å²) in [6.07, 6.45) is 3.40. The fourth-order valence-corrected chi connectivity index (χ4v) is 2.38. The number of aryl methyl sites for hydroxylation is 2. The van der Waals surface area contributed by atoms with Gasteiger partial charge in [-0.05, 0) is 25.1 Å². The van der Waals surface area contributed by atoms with Gasteiger partial charge in [0, 0.05) is 25.0 Å². The van der Waals surface area contributed by atoms with Crippen LogP contribution in [0.25, 0.3) is 22.3 Å². The van der Waals surface area contributed by atoms with Crippen molar-refractivity contribution in [3.8, 4) is 11.3 Å². The van der Waals surface area contributed by atoms with Crippen molar-refractivity contribution in [1.82, 2.24) is 19.7 Å². The summed E-state index contributed by atoms with van der Waals surface area (Å²) < 4.78 is 6.54. The molecule has 0 aromatic carbocycles. The summed E-state index contributed by atoms with van der Waals surface area (Å²) in [5.74, 6) is -0.399. The summed E-state index contributed by atoms with van der Waals surface area (Å²) in [5.41, 5.74) is 3.36. The molecule has 3 aromatic rings. The average molecular weight is 282 g/mol. The lowest BCUT2D eigenvalue weighted by Crippen LogP contribution is -2.04. The van der Waals surface area contributed by atoms with Crippen LogP contribution < -0.4 is 0 Å². The first-order valence-electron chi connectivity index (χ1n) is 6.45. The second-order valence-corrected chi connectivity index (χ2v) is 4.70. The maximum atomic E-state index is 12.1. The lowest BCUT2D eigenvalue weighted by molar-refractivity contribution is 0.0603. The molecule has 0 N–H and O–H groups in total. The van der Waals surface area contributed by atoms with Gasteiger partial charge in [-0.25, -0.2) is 9.78 Å². The van der Waals surface area contributed by atoms with Gasteiger partial charge in [0.15, 0.2) is 5.65 Å². The minimum atomic E-state index is -0.399. The molecule has 0 spiro atoms. The van der Waals surface area contributed by atoms with Crippen LogP contribution in [-0.4, -0.2) is 32.8 Å². The molecule has 0 bridgehead atoms. The predicted molar refractivity (Wildman–Crippen MR) is 77.8 cm³/mol. The van der Waals surface area contributed by atoms with Crippen LogP contribution in [0.3, 0.4) is 0 Å². The number of pyridine rings is 2. The van der Waals surface area contributed by atoms with Crippen molar-refractivity contribution in [3.05, 3.63) is 41.9 Å². The highest BCUT2D eigenvalue weighted by atomic mass is 16.5. The van der Waals surface area contributed by atoms with Crippen molar-refractivity contribution in [2.75, 3.05) is 7.11 Å². The van der Waals surface area contributed by atoms with Crippen LogP contribution in [0.15, 0.2) is 30.6 Å². The number of aromatic nitrogens is 4. The van der Waals surface area contributed by atoms with Crippen LogP contribution in [0.5, 0.6) is 0 Å². The van der Waals surface area contributed by atoms with Gasteiger partial charge >= 0.3 is 5.97 Å². The van der Waals surface area contributed by atoms with Crippen molar-refractivity contribution >= 4 is 17.0 Å². The molecule has 0 aliphatic carbocycles. The summed E-state index contributed by atoms with van der Waals surface area (Å²) in [5, 5.41) is 5.05. The summed E-state index contributed by atoms with van der Waals surface area (Å²) in [7, 11) is 3.17. The van der Waals surface area contributed by atoms with Crippen molar-refractivity contribution < 1.29 is 9.53 Å². The number of methoxy groups -OCH3 is 1. The highest BCUT2D eigenvalue weighted by molar-refractivity contribution is 6.04. The number of esters is 1. The van der Waals surface area contributed by atoms with Crippen LogP contribution in [0.1, 0.15) is 16.1 Å². The highest BCUT2D eigenvalue weighted by Crippen LogP contribution is 2.26. The lowest BCUT2D eigenvalue weighted by Gasteiger charge is -2.06. The van der Waals surface area contributed by atoms with E-state index in [2.05, 4.69) is 15.1 Å².